The van der Waals surface area contributed by atoms with E-state index in [2.05, 4.69) is 5.32 Å². The van der Waals surface area contributed by atoms with Gasteiger partial charge >= 0.3 is 6.18 Å². The lowest BCUT2D eigenvalue weighted by atomic mass is 9.90. The number of anilines is 1. The fourth-order valence-corrected chi connectivity index (χ4v) is 2.59. The van der Waals surface area contributed by atoms with Crippen LogP contribution in [0.1, 0.15) is 19.4 Å². The van der Waals surface area contributed by atoms with Gasteiger partial charge in [-0.15, -0.1) is 0 Å². The first kappa shape index (κ1) is 16.8. The third kappa shape index (κ3) is 3.78. The van der Waals surface area contributed by atoms with Crippen molar-refractivity contribution in [2.45, 2.75) is 26.1 Å². The van der Waals surface area contributed by atoms with Gasteiger partial charge in [0.15, 0.2) is 0 Å². The van der Waals surface area contributed by atoms with Gasteiger partial charge in [0.2, 0.25) is 5.91 Å². The number of rotatable bonds is 3. The Morgan fingerprint density at radius 1 is 1.41 bits per heavy atom. The van der Waals surface area contributed by atoms with E-state index in [-0.39, 0.29) is 17.6 Å². The van der Waals surface area contributed by atoms with E-state index in [0.717, 1.165) is 6.07 Å². The summed E-state index contributed by atoms with van der Waals surface area (Å²) in [5.41, 5.74) is -1.45. The van der Waals surface area contributed by atoms with E-state index in [0.29, 0.717) is 13.1 Å². The van der Waals surface area contributed by atoms with Crippen LogP contribution in [-0.2, 0) is 11.0 Å². The van der Waals surface area contributed by atoms with Crippen molar-refractivity contribution in [3.05, 3.63) is 29.8 Å². The molecule has 1 unspecified atom stereocenters. The monoisotopic (exact) mass is 316 g/mol. The topological polar surface area (TPSA) is 52.6 Å². The van der Waals surface area contributed by atoms with Gasteiger partial charge in [0.25, 0.3) is 0 Å². The second-order valence-electron chi connectivity index (χ2n) is 6.27. The Morgan fingerprint density at radius 2 is 2.05 bits per heavy atom. The lowest BCUT2D eigenvalue weighted by molar-refractivity contribution is -0.137. The molecule has 0 radical (unpaired) electrons. The van der Waals surface area contributed by atoms with E-state index in [1.165, 1.54) is 18.2 Å². The van der Waals surface area contributed by atoms with Crippen molar-refractivity contribution in [2.24, 2.45) is 5.41 Å². The summed E-state index contributed by atoms with van der Waals surface area (Å²) in [4.78, 5) is 13.7. The number of benzene rings is 1. The maximum absolute atomic E-state index is 12.9. The van der Waals surface area contributed by atoms with Crippen LogP contribution in [0.15, 0.2) is 24.3 Å². The van der Waals surface area contributed by atoms with Crippen LogP contribution in [-0.4, -0.2) is 41.7 Å². The molecule has 22 heavy (non-hydrogen) atoms. The number of β-amino-alcohol motifs (C(OH)–C–C–N with tert-alkyl or cyclic N) is 1. The number of alkyl halides is 3. The fourth-order valence-electron chi connectivity index (χ4n) is 2.59. The summed E-state index contributed by atoms with van der Waals surface area (Å²) in [6.07, 6.45) is -5.07. The Morgan fingerprint density at radius 3 is 2.59 bits per heavy atom. The maximum atomic E-state index is 12.9. The number of halogens is 3. The Balaban J connectivity index is 2.02. The number of likely N-dealkylation sites (tertiary alicyclic amines) is 1. The van der Waals surface area contributed by atoms with Gasteiger partial charge in [-0.3, -0.25) is 9.69 Å². The van der Waals surface area contributed by atoms with Crippen molar-refractivity contribution in [3.63, 3.8) is 0 Å². The molecule has 1 fully saturated rings. The quantitative estimate of drug-likeness (QED) is 0.900. The van der Waals surface area contributed by atoms with Crippen LogP contribution in [0.3, 0.4) is 0 Å². The zero-order valence-corrected chi connectivity index (χ0v) is 12.4. The Hall–Kier alpha value is -1.60. The van der Waals surface area contributed by atoms with Crippen LogP contribution < -0.4 is 5.32 Å². The van der Waals surface area contributed by atoms with E-state index < -0.39 is 23.8 Å². The summed E-state index contributed by atoms with van der Waals surface area (Å²) in [7, 11) is 0. The fraction of sp³-hybridized carbons (Fsp3) is 0.533. The minimum absolute atomic E-state index is 0.0489. The molecule has 1 aliphatic rings. The van der Waals surface area contributed by atoms with Gasteiger partial charge in [-0.25, -0.2) is 0 Å². The molecule has 1 aromatic carbocycles. The first-order chi connectivity index (χ1) is 10.1. The van der Waals surface area contributed by atoms with Gasteiger partial charge in [0.05, 0.1) is 23.9 Å². The Bertz CT molecular complexity index is 558. The molecule has 0 spiro atoms. The molecule has 1 atom stereocenters. The van der Waals surface area contributed by atoms with Crippen LogP contribution in [0.4, 0.5) is 18.9 Å². The molecule has 1 saturated heterocycles. The molecular formula is C15H19F3N2O2. The van der Waals surface area contributed by atoms with Crippen LogP contribution in [0.2, 0.25) is 0 Å². The second-order valence-corrected chi connectivity index (χ2v) is 6.27. The summed E-state index contributed by atoms with van der Waals surface area (Å²) in [6.45, 7) is 4.57. The Kier molecular flexibility index (Phi) is 4.49. The van der Waals surface area contributed by atoms with Gasteiger partial charge in [-0.2, -0.15) is 13.2 Å². The summed E-state index contributed by atoms with van der Waals surface area (Å²) in [5, 5.41) is 12.2. The van der Waals surface area contributed by atoms with Crippen LogP contribution >= 0.6 is 0 Å². The lowest BCUT2D eigenvalue weighted by Crippen LogP contribution is -2.33. The smallest absolute Gasteiger partial charge is 0.391 e. The minimum Gasteiger partial charge on any atom is -0.391 e. The normalized spacial score (nSPS) is 21.8. The van der Waals surface area contributed by atoms with Gasteiger partial charge in [0, 0.05) is 18.5 Å². The molecule has 122 valence electrons. The van der Waals surface area contributed by atoms with E-state index in [1.54, 1.807) is 4.90 Å². The predicted octanol–water partition coefficient (Wildman–Crippen LogP) is 2.35. The first-order valence-electron chi connectivity index (χ1n) is 6.96. The Labute approximate surface area is 126 Å². The van der Waals surface area contributed by atoms with E-state index in [4.69, 9.17) is 0 Å². The summed E-state index contributed by atoms with van der Waals surface area (Å²) in [6, 6.07) is 4.87. The summed E-state index contributed by atoms with van der Waals surface area (Å²) >= 11 is 0. The van der Waals surface area contributed by atoms with Crippen molar-refractivity contribution in [3.8, 4) is 0 Å². The van der Waals surface area contributed by atoms with E-state index >= 15 is 0 Å². The van der Waals surface area contributed by atoms with Gasteiger partial charge in [-0.1, -0.05) is 26.0 Å². The molecule has 2 rings (SSSR count). The largest absolute Gasteiger partial charge is 0.418 e. The molecule has 0 bridgehead atoms. The van der Waals surface area contributed by atoms with Gasteiger partial charge in [0.1, 0.15) is 0 Å². The van der Waals surface area contributed by atoms with E-state index in [1.807, 2.05) is 13.8 Å². The van der Waals surface area contributed by atoms with E-state index in [9.17, 15) is 23.1 Å². The molecule has 2 N–H and O–H groups in total. The number of nitrogens with zero attached hydrogens (tertiary/aromatic N) is 1. The predicted molar refractivity (Wildman–Crippen MR) is 76.3 cm³/mol. The number of carbonyl (C=O) groups is 1. The second kappa shape index (κ2) is 5.89. The number of aliphatic hydroxyl groups is 1. The van der Waals surface area contributed by atoms with Gasteiger partial charge < -0.3 is 10.4 Å². The van der Waals surface area contributed by atoms with Crippen molar-refractivity contribution in [1.29, 1.82) is 0 Å². The number of hydrogen-bond donors (Lipinski definition) is 2. The molecule has 1 amide bonds. The van der Waals surface area contributed by atoms with Crippen molar-refractivity contribution in [2.75, 3.05) is 25.0 Å². The zero-order valence-electron chi connectivity index (χ0n) is 12.4. The van der Waals surface area contributed by atoms with Gasteiger partial charge in [-0.05, 0) is 12.1 Å². The third-order valence-electron chi connectivity index (χ3n) is 3.84. The minimum atomic E-state index is -4.52. The molecule has 0 saturated carbocycles. The zero-order chi connectivity index (χ0) is 16.5. The number of amides is 1. The molecule has 0 aliphatic carbocycles. The average Bonchev–Trinajstić information content (AvgIpc) is 2.61. The molecule has 1 heterocycles. The highest BCUT2D eigenvalue weighted by molar-refractivity contribution is 5.93. The van der Waals surface area contributed by atoms with Crippen molar-refractivity contribution >= 4 is 11.6 Å². The molecule has 1 aliphatic heterocycles. The highest BCUT2D eigenvalue weighted by atomic mass is 19.4. The number of hydrogen-bond acceptors (Lipinski definition) is 3. The van der Waals surface area contributed by atoms with Crippen molar-refractivity contribution in [1.82, 2.24) is 4.90 Å². The number of carbonyl (C=O) groups excluding carboxylic acids is 1. The number of nitrogens with one attached hydrogen (secondary N) is 1. The highest BCUT2D eigenvalue weighted by Crippen LogP contribution is 2.34. The summed E-state index contributed by atoms with van der Waals surface area (Å²) < 4.78 is 38.6. The van der Waals surface area contributed by atoms with Crippen LogP contribution in [0.25, 0.3) is 0 Å². The van der Waals surface area contributed by atoms with Crippen molar-refractivity contribution < 1.29 is 23.1 Å². The average molecular weight is 316 g/mol. The molecule has 4 nitrogen and oxygen atoms in total. The number of para-hydroxylation sites is 1. The van der Waals surface area contributed by atoms with Crippen LogP contribution in [0.5, 0.6) is 0 Å². The maximum Gasteiger partial charge on any atom is 0.418 e. The molecule has 1 aromatic rings. The SMILES string of the molecule is CC1(C)CN(CC(=O)Nc2ccccc2C(F)(F)F)CC1O. The summed E-state index contributed by atoms with van der Waals surface area (Å²) in [5.74, 6) is -0.526. The van der Waals surface area contributed by atoms with Crippen LogP contribution in [0, 0.1) is 5.41 Å². The lowest BCUT2D eigenvalue weighted by Gasteiger charge is -2.21. The molecule has 7 heteroatoms. The third-order valence-corrected chi connectivity index (χ3v) is 3.84. The molecule has 0 aromatic heterocycles. The standard InChI is InChI=1S/C15H19F3N2O2/c1-14(2)9-20(7-12(14)21)8-13(22)19-11-6-4-3-5-10(11)15(16,17)18/h3-6,12,21H,7-9H2,1-2H3,(H,19,22). The highest BCUT2D eigenvalue weighted by Gasteiger charge is 2.39. The first-order valence-corrected chi connectivity index (χ1v) is 6.96. The number of aliphatic hydroxyl groups excluding tert-OH is 1. The molecular weight excluding hydrogens is 297 g/mol.